The highest BCUT2D eigenvalue weighted by Gasteiger charge is 2.14. The Bertz CT molecular complexity index is 654. The lowest BCUT2D eigenvalue weighted by Gasteiger charge is -2.07. The van der Waals surface area contributed by atoms with Crippen LogP contribution in [0.2, 0.25) is 0 Å². The van der Waals surface area contributed by atoms with Crippen molar-refractivity contribution in [3.05, 3.63) is 34.8 Å². The monoisotopic (exact) mass is 299 g/mol. The van der Waals surface area contributed by atoms with Gasteiger partial charge in [0.2, 0.25) is 10.0 Å². The van der Waals surface area contributed by atoms with Gasteiger partial charge in [0.15, 0.2) is 0 Å². The maximum Gasteiger partial charge on any atom is 0.240 e. The molecule has 0 spiro atoms. The number of aromatic hydroxyl groups is 1. The van der Waals surface area contributed by atoms with Gasteiger partial charge in [0.25, 0.3) is 0 Å². The van der Waals surface area contributed by atoms with Crippen LogP contribution in [0.15, 0.2) is 34.7 Å². The summed E-state index contributed by atoms with van der Waals surface area (Å²) in [7, 11) is -3.62. The van der Waals surface area contributed by atoms with Gasteiger partial charge in [-0.25, -0.2) is 18.1 Å². The summed E-state index contributed by atoms with van der Waals surface area (Å²) >= 11 is 1.47. The number of anilines is 1. The van der Waals surface area contributed by atoms with Gasteiger partial charge in [-0.2, -0.15) is 0 Å². The van der Waals surface area contributed by atoms with Crippen LogP contribution >= 0.6 is 11.3 Å². The molecule has 0 bridgehead atoms. The molecule has 0 atom stereocenters. The van der Waals surface area contributed by atoms with Crippen LogP contribution < -0.4 is 10.5 Å². The average molecular weight is 299 g/mol. The number of nitrogens with two attached hydrogens (primary N) is 1. The van der Waals surface area contributed by atoms with Gasteiger partial charge in [-0.05, 0) is 18.2 Å². The number of nitrogens with zero attached hydrogens (tertiary/aromatic N) is 1. The van der Waals surface area contributed by atoms with Gasteiger partial charge in [-0.1, -0.05) is 0 Å². The van der Waals surface area contributed by atoms with Crippen molar-refractivity contribution in [2.24, 2.45) is 0 Å². The fraction of sp³-hybridized carbons (Fsp3) is 0.182. The molecular weight excluding hydrogens is 286 g/mol. The van der Waals surface area contributed by atoms with E-state index in [9.17, 15) is 13.5 Å². The van der Waals surface area contributed by atoms with Crippen LogP contribution in [-0.2, 0) is 16.4 Å². The number of rotatable bonds is 5. The van der Waals surface area contributed by atoms with E-state index in [1.807, 2.05) is 5.38 Å². The maximum atomic E-state index is 12.0. The van der Waals surface area contributed by atoms with Gasteiger partial charge in [-0.3, -0.25) is 0 Å². The molecule has 19 heavy (non-hydrogen) atoms. The molecule has 6 nitrogen and oxygen atoms in total. The molecule has 8 heteroatoms. The Hall–Kier alpha value is -1.64. The van der Waals surface area contributed by atoms with Gasteiger partial charge in [0, 0.05) is 24.5 Å². The van der Waals surface area contributed by atoms with Crippen molar-refractivity contribution in [2.45, 2.75) is 11.3 Å². The minimum absolute atomic E-state index is 0.0296. The summed E-state index contributed by atoms with van der Waals surface area (Å²) < 4.78 is 26.4. The Balaban J connectivity index is 2.03. The molecule has 0 saturated carbocycles. The maximum absolute atomic E-state index is 12.0. The predicted octanol–water partition coefficient (Wildman–Crippen LogP) is 0.952. The van der Waals surface area contributed by atoms with Crippen LogP contribution in [0.1, 0.15) is 5.01 Å². The molecule has 1 aromatic carbocycles. The van der Waals surface area contributed by atoms with Crippen molar-refractivity contribution in [3.8, 4) is 5.75 Å². The van der Waals surface area contributed by atoms with Crippen molar-refractivity contribution in [3.63, 3.8) is 0 Å². The molecule has 0 radical (unpaired) electrons. The first kappa shape index (κ1) is 13.8. The Labute approximate surface area is 115 Å². The van der Waals surface area contributed by atoms with Gasteiger partial charge in [0.05, 0.1) is 15.6 Å². The van der Waals surface area contributed by atoms with E-state index in [-0.39, 0.29) is 22.9 Å². The standard InChI is InChI=1S/C11H13N3O3S2/c12-9-7-8(1-2-10(9)15)19(16,17)14-4-3-11-13-5-6-18-11/h1-2,5-7,14-15H,3-4,12H2. The van der Waals surface area contributed by atoms with Crippen molar-refractivity contribution in [1.82, 2.24) is 9.71 Å². The zero-order valence-corrected chi connectivity index (χ0v) is 11.5. The van der Waals surface area contributed by atoms with Gasteiger partial charge >= 0.3 is 0 Å². The van der Waals surface area contributed by atoms with Crippen molar-refractivity contribution >= 4 is 27.0 Å². The number of phenols is 1. The molecule has 4 N–H and O–H groups in total. The number of benzene rings is 1. The second-order valence-electron chi connectivity index (χ2n) is 3.79. The third-order valence-corrected chi connectivity index (χ3v) is 4.72. The zero-order valence-electron chi connectivity index (χ0n) is 9.91. The SMILES string of the molecule is Nc1cc(S(=O)(=O)NCCc2nccs2)ccc1O. The average Bonchev–Trinajstić information content (AvgIpc) is 2.85. The Morgan fingerprint density at radius 3 is 2.84 bits per heavy atom. The summed E-state index contributed by atoms with van der Waals surface area (Å²) in [4.78, 5) is 4.09. The second kappa shape index (κ2) is 5.55. The van der Waals surface area contributed by atoms with Crippen molar-refractivity contribution < 1.29 is 13.5 Å². The molecule has 102 valence electrons. The number of aromatic nitrogens is 1. The first-order chi connectivity index (χ1) is 8.99. The van der Waals surface area contributed by atoms with Crippen molar-refractivity contribution in [2.75, 3.05) is 12.3 Å². The fourth-order valence-electron chi connectivity index (χ4n) is 1.45. The number of hydrogen-bond acceptors (Lipinski definition) is 6. The zero-order chi connectivity index (χ0) is 13.9. The summed E-state index contributed by atoms with van der Waals surface area (Å²) in [5.41, 5.74) is 5.50. The molecule has 0 saturated heterocycles. The summed E-state index contributed by atoms with van der Waals surface area (Å²) in [6, 6.07) is 3.78. The third kappa shape index (κ3) is 3.43. The van der Waals surface area contributed by atoms with Gasteiger partial charge in [-0.15, -0.1) is 11.3 Å². The van der Waals surface area contributed by atoms with Gasteiger partial charge < -0.3 is 10.8 Å². The molecule has 2 rings (SSSR count). The number of thiazole rings is 1. The van der Waals surface area contributed by atoms with E-state index < -0.39 is 10.0 Å². The number of nitrogen functional groups attached to an aromatic ring is 1. The highest BCUT2D eigenvalue weighted by Crippen LogP contribution is 2.22. The molecule has 0 aliphatic rings. The van der Waals surface area contributed by atoms with E-state index in [4.69, 9.17) is 5.73 Å². The van der Waals surface area contributed by atoms with E-state index >= 15 is 0 Å². The number of sulfonamides is 1. The van der Waals surface area contributed by atoms with Crippen molar-refractivity contribution in [1.29, 1.82) is 0 Å². The number of hydrogen-bond donors (Lipinski definition) is 3. The Morgan fingerprint density at radius 1 is 1.42 bits per heavy atom. The molecule has 0 fully saturated rings. The molecule has 1 aromatic heterocycles. The summed E-state index contributed by atoms with van der Waals surface area (Å²) in [6.45, 7) is 0.261. The number of nitrogens with one attached hydrogen (secondary N) is 1. The normalized spacial score (nSPS) is 11.6. The Morgan fingerprint density at radius 2 is 2.21 bits per heavy atom. The van der Waals surface area contributed by atoms with Crippen LogP contribution in [-0.4, -0.2) is 25.1 Å². The molecule has 0 unspecified atom stereocenters. The van der Waals surface area contributed by atoms with Crippen LogP contribution in [0.25, 0.3) is 0 Å². The first-order valence-corrected chi connectivity index (χ1v) is 7.82. The third-order valence-electron chi connectivity index (χ3n) is 2.42. The summed E-state index contributed by atoms with van der Waals surface area (Å²) in [6.07, 6.45) is 2.21. The molecule has 0 aliphatic heterocycles. The van der Waals surface area contributed by atoms with E-state index in [1.54, 1.807) is 6.20 Å². The lowest BCUT2D eigenvalue weighted by molar-refractivity contribution is 0.477. The largest absolute Gasteiger partial charge is 0.506 e. The van der Waals surface area contributed by atoms with Crippen LogP contribution in [0.5, 0.6) is 5.75 Å². The second-order valence-corrected chi connectivity index (χ2v) is 6.54. The lowest BCUT2D eigenvalue weighted by atomic mass is 10.3. The fourth-order valence-corrected chi connectivity index (χ4v) is 3.14. The van der Waals surface area contributed by atoms with E-state index in [2.05, 4.69) is 9.71 Å². The topological polar surface area (TPSA) is 105 Å². The predicted molar refractivity (Wildman–Crippen MR) is 73.5 cm³/mol. The molecule has 1 heterocycles. The molecule has 2 aromatic rings. The van der Waals surface area contributed by atoms with Crippen LogP contribution in [0.4, 0.5) is 5.69 Å². The van der Waals surface area contributed by atoms with E-state index in [0.29, 0.717) is 6.42 Å². The number of phenolic OH excluding ortho intramolecular Hbond substituents is 1. The smallest absolute Gasteiger partial charge is 0.240 e. The summed E-state index contributed by atoms with van der Waals surface area (Å²) in [5, 5.41) is 12.0. The molecule has 0 aliphatic carbocycles. The quantitative estimate of drug-likeness (QED) is 0.563. The highest BCUT2D eigenvalue weighted by atomic mass is 32.2. The van der Waals surface area contributed by atoms with Gasteiger partial charge in [0.1, 0.15) is 5.75 Å². The minimum Gasteiger partial charge on any atom is -0.506 e. The highest BCUT2D eigenvalue weighted by molar-refractivity contribution is 7.89. The molecule has 0 amide bonds. The van der Waals surface area contributed by atoms with Crippen LogP contribution in [0, 0.1) is 0 Å². The summed E-state index contributed by atoms with van der Waals surface area (Å²) in [5.74, 6) is -0.137. The first-order valence-electron chi connectivity index (χ1n) is 5.45. The lowest BCUT2D eigenvalue weighted by Crippen LogP contribution is -2.26. The molecular formula is C11H13N3O3S2. The minimum atomic E-state index is -3.62. The Kier molecular flexibility index (Phi) is 4.03. The van der Waals surface area contributed by atoms with E-state index in [1.165, 1.54) is 29.5 Å². The van der Waals surface area contributed by atoms with E-state index in [0.717, 1.165) is 5.01 Å². The van der Waals surface area contributed by atoms with Crippen LogP contribution in [0.3, 0.4) is 0 Å².